The normalized spacial score (nSPS) is 12.5. The van der Waals surface area contributed by atoms with Gasteiger partial charge in [-0.15, -0.1) is 0 Å². The van der Waals surface area contributed by atoms with Crippen molar-refractivity contribution in [3.05, 3.63) is 29.3 Å². The number of hydrogen-bond donors (Lipinski definition) is 3. The lowest BCUT2D eigenvalue weighted by molar-refractivity contribution is 0.194. The van der Waals surface area contributed by atoms with Gasteiger partial charge in [-0.25, -0.2) is 5.43 Å². The van der Waals surface area contributed by atoms with Crippen molar-refractivity contribution < 1.29 is 5.11 Å². The van der Waals surface area contributed by atoms with Crippen LogP contribution in [0.1, 0.15) is 6.92 Å². The standard InChI is InChI=1S/C9H13ClN2O/c1-7(13)6-11-12-9-5-3-2-4-8(9)10/h2-5,7,11-13H,6H2,1H3. The third-order valence-corrected chi connectivity index (χ3v) is 1.82. The maximum atomic E-state index is 8.96. The molecule has 0 aromatic heterocycles. The van der Waals surface area contributed by atoms with Crippen LogP contribution in [0.25, 0.3) is 0 Å². The Morgan fingerprint density at radius 2 is 2.15 bits per heavy atom. The van der Waals surface area contributed by atoms with Crippen LogP contribution in [0.5, 0.6) is 0 Å². The third-order valence-electron chi connectivity index (χ3n) is 1.49. The first-order valence-electron chi connectivity index (χ1n) is 4.11. The van der Waals surface area contributed by atoms with Crippen LogP contribution < -0.4 is 10.9 Å². The summed E-state index contributed by atoms with van der Waals surface area (Å²) in [6.45, 7) is 2.19. The van der Waals surface area contributed by atoms with E-state index in [4.69, 9.17) is 16.7 Å². The number of para-hydroxylation sites is 1. The molecule has 0 radical (unpaired) electrons. The molecule has 0 aliphatic carbocycles. The first kappa shape index (κ1) is 10.3. The van der Waals surface area contributed by atoms with E-state index < -0.39 is 0 Å². The second-order valence-electron chi connectivity index (χ2n) is 2.83. The highest BCUT2D eigenvalue weighted by Crippen LogP contribution is 2.19. The Morgan fingerprint density at radius 3 is 2.77 bits per heavy atom. The predicted octanol–water partition coefficient (Wildman–Crippen LogP) is 1.64. The highest BCUT2D eigenvalue weighted by atomic mass is 35.5. The number of aliphatic hydroxyl groups is 1. The van der Waals surface area contributed by atoms with Crippen LogP contribution in [0.3, 0.4) is 0 Å². The van der Waals surface area contributed by atoms with E-state index in [-0.39, 0.29) is 6.10 Å². The van der Waals surface area contributed by atoms with Crippen LogP contribution in [0.4, 0.5) is 5.69 Å². The Kier molecular flexibility index (Phi) is 4.02. The van der Waals surface area contributed by atoms with Gasteiger partial charge in [0.25, 0.3) is 0 Å². The maximum Gasteiger partial charge on any atom is 0.0674 e. The monoisotopic (exact) mass is 200 g/mol. The van der Waals surface area contributed by atoms with Crippen molar-refractivity contribution in [2.45, 2.75) is 13.0 Å². The molecule has 3 nitrogen and oxygen atoms in total. The molecule has 0 heterocycles. The van der Waals surface area contributed by atoms with E-state index in [1.807, 2.05) is 18.2 Å². The van der Waals surface area contributed by atoms with Crippen LogP contribution in [-0.4, -0.2) is 17.8 Å². The zero-order valence-corrected chi connectivity index (χ0v) is 8.17. The van der Waals surface area contributed by atoms with Crippen LogP contribution in [0.2, 0.25) is 5.02 Å². The number of aliphatic hydroxyl groups excluding tert-OH is 1. The van der Waals surface area contributed by atoms with E-state index in [1.165, 1.54) is 0 Å². The molecule has 1 aromatic rings. The molecule has 1 aromatic carbocycles. The summed E-state index contributed by atoms with van der Waals surface area (Å²) in [5.41, 5.74) is 6.57. The third kappa shape index (κ3) is 3.63. The summed E-state index contributed by atoms with van der Waals surface area (Å²) in [5.74, 6) is 0. The van der Waals surface area contributed by atoms with Gasteiger partial charge >= 0.3 is 0 Å². The minimum Gasteiger partial charge on any atom is -0.392 e. The maximum absolute atomic E-state index is 8.96. The summed E-state index contributed by atoms with van der Waals surface area (Å²) in [4.78, 5) is 0. The largest absolute Gasteiger partial charge is 0.392 e. The minimum absolute atomic E-state index is 0.380. The smallest absolute Gasteiger partial charge is 0.0674 e. The van der Waals surface area contributed by atoms with Crippen LogP contribution >= 0.6 is 11.6 Å². The van der Waals surface area contributed by atoms with Gasteiger partial charge in [0.2, 0.25) is 0 Å². The summed E-state index contributed by atoms with van der Waals surface area (Å²) in [5, 5.41) is 9.62. The predicted molar refractivity (Wildman–Crippen MR) is 54.8 cm³/mol. The SMILES string of the molecule is CC(O)CNNc1ccccc1Cl. The average molecular weight is 201 g/mol. The zero-order chi connectivity index (χ0) is 9.68. The van der Waals surface area contributed by atoms with Crippen molar-refractivity contribution in [2.75, 3.05) is 12.0 Å². The van der Waals surface area contributed by atoms with E-state index in [0.717, 1.165) is 5.69 Å². The second-order valence-corrected chi connectivity index (χ2v) is 3.24. The van der Waals surface area contributed by atoms with Gasteiger partial charge in [0.15, 0.2) is 0 Å². The number of nitrogens with one attached hydrogen (secondary N) is 2. The molecule has 1 rings (SSSR count). The van der Waals surface area contributed by atoms with Gasteiger partial charge in [0.05, 0.1) is 16.8 Å². The molecular formula is C9H13ClN2O. The molecule has 0 saturated carbocycles. The molecule has 1 atom stereocenters. The van der Waals surface area contributed by atoms with Crippen molar-refractivity contribution in [1.29, 1.82) is 0 Å². The van der Waals surface area contributed by atoms with E-state index >= 15 is 0 Å². The summed E-state index contributed by atoms with van der Waals surface area (Å²) < 4.78 is 0. The Hall–Kier alpha value is -0.770. The number of hydrogen-bond acceptors (Lipinski definition) is 3. The quantitative estimate of drug-likeness (QED) is 0.648. The summed E-state index contributed by atoms with van der Waals surface area (Å²) in [7, 11) is 0. The summed E-state index contributed by atoms with van der Waals surface area (Å²) in [6, 6.07) is 7.41. The van der Waals surface area contributed by atoms with Crippen molar-refractivity contribution in [3.63, 3.8) is 0 Å². The van der Waals surface area contributed by atoms with E-state index in [9.17, 15) is 0 Å². The lowest BCUT2D eigenvalue weighted by Crippen LogP contribution is -2.29. The Bertz CT molecular complexity index is 266. The highest BCUT2D eigenvalue weighted by Gasteiger charge is 1.97. The summed E-state index contributed by atoms with van der Waals surface area (Å²) >= 11 is 5.87. The molecule has 0 aliphatic heterocycles. The first-order valence-corrected chi connectivity index (χ1v) is 4.49. The van der Waals surface area contributed by atoms with Gasteiger partial charge in [0.1, 0.15) is 0 Å². The Labute approximate surface area is 82.7 Å². The number of hydrazine groups is 1. The molecule has 4 heteroatoms. The van der Waals surface area contributed by atoms with Gasteiger partial charge in [0, 0.05) is 6.54 Å². The van der Waals surface area contributed by atoms with Crippen LogP contribution in [-0.2, 0) is 0 Å². The fourth-order valence-corrected chi connectivity index (χ4v) is 1.04. The number of benzene rings is 1. The molecule has 0 aliphatic rings. The molecular weight excluding hydrogens is 188 g/mol. The van der Waals surface area contributed by atoms with E-state index in [1.54, 1.807) is 13.0 Å². The lowest BCUT2D eigenvalue weighted by Gasteiger charge is -2.10. The van der Waals surface area contributed by atoms with Gasteiger partial charge in [-0.2, -0.15) is 0 Å². The van der Waals surface area contributed by atoms with Gasteiger partial charge in [-0.05, 0) is 19.1 Å². The fourth-order valence-electron chi connectivity index (χ4n) is 0.857. The van der Waals surface area contributed by atoms with Crippen LogP contribution in [0, 0.1) is 0 Å². The molecule has 0 amide bonds. The molecule has 13 heavy (non-hydrogen) atoms. The summed E-state index contributed by atoms with van der Waals surface area (Å²) in [6.07, 6.45) is -0.380. The highest BCUT2D eigenvalue weighted by molar-refractivity contribution is 6.33. The van der Waals surface area contributed by atoms with E-state index in [0.29, 0.717) is 11.6 Å². The van der Waals surface area contributed by atoms with Crippen molar-refractivity contribution in [1.82, 2.24) is 5.43 Å². The van der Waals surface area contributed by atoms with Crippen molar-refractivity contribution >= 4 is 17.3 Å². The molecule has 3 N–H and O–H groups in total. The van der Waals surface area contributed by atoms with E-state index in [2.05, 4.69) is 10.9 Å². The number of rotatable bonds is 4. The average Bonchev–Trinajstić information content (AvgIpc) is 2.08. The number of halogens is 1. The second kappa shape index (κ2) is 5.07. The zero-order valence-electron chi connectivity index (χ0n) is 7.42. The fraction of sp³-hybridized carbons (Fsp3) is 0.333. The molecule has 0 fully saturated rings. The molecule has 1 unspecified atom stereocenters. The van der Waals surface area contributed by atoms with Gasteiger partial charge in [-0.3, -0.25) is 0 Å². The Balaban J connectivity index is 2.41. The topological polar surface area (TPSA) is 44.3 Å². The van der Waals surface area contributed by atoms with Crippen molar-refractivity contribution in [3.8, 4) is 0 Å². The minimum atomic E-state index is -0.380. The van der Waals surface area contributed by atoms with Gasteiger partial charge < -0.3 is 10.5 Å². The first-order chi connectivity index (χ1) is 6.20. The number of anilines is 1. The molecule has 0 spiro atoms. The van der Waals surface area contributed by atoms with Gasteiger partial charge in [-0.1, -0.05) is 23.7 Å². The van der Waals surface area contributed by atoms with Crippen LogP contribution in [0.15, 0.2) is 24.3 Å². The lowest BCUT2D eigenvalue weighted by atomic mass is 10.3. The Morgan fingerprint density at radius 1 is 1.46 bits per heavy atom. The molecule has 0 bridgehead atoms. The molecule has 0 saturated heterocycles. The molecule has 72 valence electrons. The van der Waals surface area contributed by atoms with Crippen molar-refractivity contribution in [2.24, 2.45) is 0 Å².